The van der Waals surface area contributed by atoms with E-state index in [9.17, 15) is 35.1 Å². The number of aromatic nitrogens is 3. The number of anilines is 1. The molecule has 0 aliphatic rings. The molecule has 2 heterocycles. The van der Waals surface area contributed by atoms with Crippen LogP contribution in [-0.4, -0.2) is 35.6 Å². The van der Waals surface area contributed by atoms with Gasteiger partial charge in [0.05, 0.1) is 44.5 Å². The molecule has 1 aromatic carbocycles. The first-order chi connectivity index (χ1) is 15.0. The molecule has 0 unspecified atom stereocenters. The maximum atomic E-state index is 12.8. The number of aryl methyl sites for hydroxylation is 2. The first-order valence-corrected chi connectivity index (χ1v) is 8.88. The summed E-state index contributed by atoms with van der Waals surface area (Å²) >= 11 is 0. The maximum Gasteiger partial charge on any atom is 0.390 e. The van der Waals surface area contributed by atoms with Crippen LogP contribution in [0.4, 0.5) is 22.9 Å². The zero-order valence-corrected chi connectivity index (χ0v) is 16.9. The summed E-state index contributed by atoms with van der Waals surface area (Å²) < 4.78 is 6.35. The van der Waals surface area contributed by atoms with Crippen molar-refractivity contribution in [1.82, 2.24) is 14.9 Å². The second-order valence-electron chi connectivity index (χ2n) is 6.73. The standard InChI is InChI=1S/C17H15N7O8/c1-8-4-15(24(30)31)19-21(8)7-12-10(3)32-20-16(12)17(25)18-11-5-13(22(26)27)9(2)14(6-11)23(28)29/h4-6H,7H2,1-3H3,(H,18,25). The zero-order valence-electron chi connectivity index (χ0n) is 16.9. The molecule has 0 aliphatic heterocycles. The molecule has 0 radical (unpaired) electrons. The van der Waals surface area contributed by atoms with Crippen LogP contribution in [0.15, 0.2) is 22.7 Å². The molecule has 0 atom stereocenters. The van der Waals surface area contributed by atoms with E-state index in [2.05, 4.69) is 15.6 Å². The van der Waals surface area contributed by atoms with Crippen molar-refractivity contribution in [3.8, 4) is 0 Å². The number of carbonyl (C=O) groups excluding carboxylic acids is 1. The van der Waals surface area contributed by atoms with E-state index >= 15 is 0 Å². The monoisotopic (exact) mass is 445 g/mol. The predicted octanol–water partition coefficient (Wildman–Crippen LogP) is 2.82. The number of nitro benzene ring substituents is 2. The first kappa shape index (κ1) is 22.0. The summed E-state index contributed by atoms with van der Waals surface area (Å²) in [5.41, 5.74) is -0.904. The second kappa shape index (κ2) is 8.21. The van der Waals surface area contributed by atoms with Gasteiger partial charge in [0.15, 0.2) is 5.69 Å². The Hall–Kier alpha value is -4.69. The molecule has 0 saturated heterocycles. The van der Waals surface area contributed by atoms with E-state index in [1.807, 2.05) is 0 Å². The lowest BCUT2D eigenvalue weighted by Gasteiger charge is -2.07. The minimum Gasteiger partial charge on any atom is -0.361 e. The Morgan fingerprint density at radius 1 is 1.03 bits per heavy atom. The number of hydrogen-bond donors (Lipinski definition) is 1. The van der Waals surface area contributed by atoms with Crippen molar-refractivity contribution in [2.24, 2.45) is 0 Å². The number of benzene rings is 1. The fourth-order valence-corrected chi connectivity index (χ4v) is 2.97. The van der Waals surface area contributed by atoms with Crippen LogP contribution >= 0.6 is 0 Å². The lowest BCUT2D eigenvalue weighted by Crippen LogP contribution is -2.17. The Morgan fingerprint density at radius 3 is 2.12 bits per heavy atom. The molecule has 15 heteroatoms. The van der Waals surface area contributed by atoms with E-state index in [0.717, 1.165) is 12.1 Å². The van der Waals surface area contributed by atoms with Crippen LogP contribution in [0.5, 0.6) is 0 Å². The molecular weight excluding hydrogens is 430 g/mol. The van der Waals surface area contributed by atoms with Crippen molar-refractivity contribution >= 4 is 28.8 Å². The van der Waals surface area contributed by atoms with Crippen LogP contribution in [0.25, 0.3) is 0 Å². The molecule has 3 rings (SSSR count). The molecule has 0 spiro atoms. The molecule has 166 valence electrons. The Bertz CT molecular complexity index is 1240. The molecule has 15 nitrogen and oxygen atoms in total. The molecule has 0 bridgehead atoms. The molecular formula is C17H15N7O8. The summed E-state index contributed by atoms with van der Waals surface area (Å²) in [6.45, 7) is 4.26. The van der Waals surface area contributed by atoms with E-state index < -0.39 is 32.1 Å². The first-order valence-electron chi connectivity index (χ1n) is 8.88. The van der Waals surface area contributed by atoms with E-state index in [4.69, 9.17) is 4.52 Å². The quantitative estimate of drug-likeness (QED) is 0.416. The number of amides is 1. The Balaban J connectivity index is 1.95. The Morgan fingerprint density at radius 2 is 1.62 bits per heavy atom. The van der Waals surface area contributed by atoms with E-state index in [1.165, 1.54) is 24.6 Å². The second-order valence-corrected chi connectivity index (χ2v) is 6.73. The van der Waals surface area contributed by atoms with Gasteiger partial charge in [0.2, 0.25) is 0 Å². The third-order valence-corrected chi connectivity index (χ3v) is 4.67. The van der Waals surface area contributed by atoms with Crippen LogP contribution < -0.4 is 5.32 Å². The third kappa shape index (κ3) is 4.11. The van der Waals surface area contributed by atoms with Crippen molar-refractivity contribution in [3.63, 3.8) is 0 Å². The average molecular weight is 445 g/mol. The summed E-state index contributed by atoms with van der Waals surface area (Å²) in [6.07, 6.45) is 0. The highest BCUT2D eigenvalue weighted by Crippen LogP contribution is 2.32. The Labute approximate surface area is 178 Å². The highest BCUT2D eigenvalue weighted by molar-refractivity contribution is 6.04. The van der Waals surface area contributed by atoms with Crippen LogP contribution in [0, 0.1) is 51.1 Å². The summed E-state index contributed by atoms with van der Waals surface area (Å²) in [5.74, 6) is -0.973. The highest BCUT2D eigenvalue weighted by Gasteiger charge is 2.27. The molecule has 1 amide bonds. The van der Waals surface area contributed by atoms with E-state index in [0.29, 0.717) is 5.69 Å². The lowest BCUT2D eigenvalue weighted by atomic mass is 10.1. The van der Waals surface area contributed by atoms with Gasteiger partial charge >= 0.3 is 5.82 Å². The van der Waals surface area contributed by atoms with Crippen LogP contribution in [-0.2, 0) is 6.54 Å². The molecule has 1 N–H and O–H groups in total. The molecule has 0 saturated carbocycles. The average Bonchev–Trinajstić information content (AvgIpc) is 3.26. The van der Waals surface area contributed by atoms with E-state index in [1.54, 1.807) is 6.92 Å². The minimum absolute atomic E-state index is 0.0774. The SMILES string of the molecule is Cc1onc(C(=O)Nc2cc([N+](=O)[O-])c(C)c([N+](=O)[O-])c2)c1Cn1nc([N+](=O)[O-])cc1C. The van der Waals surface area contributed by atoms with Crippen molar-refractivity contribution in [2.45, 2.75) is 27.3 Å². The van der Waals surface area contributed by atoms with Gasteiger partial charge in [-0.2, -0.15) is 4.68 Å². The lowest BCUT2D eigenvalue weighted by molar-refractivity contribution is -0.395. The van der Waals surface area contributed by atoms with Gasteiger partial charge in [-0.1, -0.05) is 5.16 Å². The highest BCUT2D eigenvalue weighted by atomic mass is 16.6. The molecule has 2 aromatic heterocycles. The normalized spacial score (nSPS) is 10.7. The molecule has 0 aliphatic carbocycles. The van der Waals surface area contributed by atoms with Crippen LogP contribution in [0.2, 0.25) is 0 Å². The summed E-state index contributed by atoms with van der Waals surface area (Å²) in [5, 5.41) is 43.3. The van der Waals surface area contributed by atoms with Crippen LogP contribution in [0.1, 0.15) is 33.1 Å². The molecule has 3 aromatic rings. The topological polar surface area (TPSA) is 202 Å². The minimum atomic E-state index is -0.844. The van der Waals surface area contributed by atoms with Gasteiger partial charge in [0.25, 0.3) is 17.3 Å². The fourth-order valence-electron chi connectivity index (χ4n) is 2.97. The summed E-state index contributed by atoms with van der Waals surface area (Å²) in [7, 11) is 0. The van der Waals surface area contributed by atoms with Gasteiger partial charge in [-0.25, -0.2) is 0 Å². The van der Waals surface area contributed by atoms with Crippen molar-refractivity contribution < 1.29 is 24.1 Å². The van der Waals surface area contributed by atoms with Gasteiger partial charge in [-0.15, -0.1) is 0 Å². The third-order valence-electron chi connectivity index (χ3n) is 4.67. The summed E-state index contributed by atoms with van der Waals surface area (Å²) in [6, 6.07) is 3.24. The number of rotatable bonds is 7. The fraction of sp³-hybridized carbons (Fsp3) is 0.235. The number of nitrogens with zero attached hydrogens (tertiary/aromatic N) is 6. The van der Waals surface area contributed by atoms with Crippen molar-refractivity contribution in [2.75, 3.05) is 5.32 Å². The van der Waals surface area contributed by atoms with Crippen molar-refractivity contribution in [1.29, 1.82) is 0 Å². The van der Waals surface area contributed by atoms with Gasteiger partial charge in [-0.05, 0) is 25.7 Å². The number of hydrogen-bond acceptors (Lipinski definition) is 10. The van der Waals surface area contributed by atoms with Crippen LogP contribution in [0.3, 0.4) is 0 Å². The van der Waals surface area contributed by atoms with Crippen molar-refractivity contribution in [3.05, 3.63) is 76.8 Å². The molecule has 0 fully saturated rings. The zero-order chi connectivity index (χ0) is 23.7. The van der Waals surface area contributed by atoms with Gasteiger partial charge in [-0.3, -0.25) is 25.0 Å². The van der Waals surface area contributed by atoms with Gasteiger partial charge in [0.1, 0.15) is 11.3 Å². The Kier molecular flexibility index (Phi) is 5.65. The van der Waals surface area contributed by atoms with E-state index in [-0.39, 0.29) is 40.6 Å². The smallest absolute Gasteiger partial charge is 0.361 e. The predicted molar refractivity (Wildman–Crippen MR) is 106 cm³/mol. The number of carbonyl (C=O) groups is 1. The number of nitro groups is 3. The molecule has 32 heavy (non-hydrogen) atoms. The van der Waals surface area contributed by atoms with Gasteiger partial charge < -0.3 is 20.0 Å². The summed E-state index contributed by atoms with van der Waals surface area (Å²) in [4.78, 5) is 43.9. The number of nitrogens with one attached hydrogen (secondary N) is 1. The van der Waals surface area contributed by atoms with Gasteiger partial charge in [0, 0.05) is 12.1 Å². The largest absolute Gasteiger partial charge is 0.390 e. The maximum absolute atomic E-state index is 12.8.